The molecule has 0 bridgehead atoms. The molecule has 1 aromatic carbocycles. The Labute approximate surface area is 110 Å². The largest absolute Gasteiger partial charge is 0.444 e. The molecule has 0 aliphatic heterocycles. The fourth-order valence-corrected chi connectivity index (χ4v) is 2.19. The van der Waals surface area contributed by atoms with Crippen LogP contribution in [-0.2, 0) is 22.1 Å². The number of carbonyl (C=O) groups is 1. The van der Waals surface area contributed by atoms with E-state index in [0.717, 1.165) is 10.5 Å². The number of hydrogen-bond donors (Lipinski definition) is 1. The van der Waals surface area contributed by atoms with Crippen molar-refractivity contribution in [1.82, 2.24) is 5.32 Å². The highest BCUT2D eigenvalue weighted by atomic mass is 32.2. The summed E-state index contributed by atoms with van der Waals surface area (Å²) >= 11 is 0. The van der Waals surface area contributed by atoms with Gasteiger partial charge in [-0.2, -0.15) is 0 Å². The van der Waals surface area contributed by atoms with Crippen molar-refractivity contribution in [1.29, 1.82) is 0 Å². The van der Waals surface area contributed by atoms with Gasteiger partial charge < -0.3 is 10.1 Å². The molecule has 1 amide bonds. The zero-order valence-corrected chi connectivity index (χ0v) is 12.0. The molecule has 4 nitrogen and oxygen atoms in total. The molecule has 0 spiro atoms. The summed E-state index contributed by atoms with van der Waals surface area (Å²) in [6, 6.07) is 7.31. The van der Waals surface area contributed by atoms with E-state index in [1.54, 1.807) is 12.3 Å². The molecule has 18 heavy (non-hydrogen) atoms. The molecule has 0 aliphatic carbocycles. The van der Waals surface area contributed by atoms with Crippen LogP contribution in [0.4, 0.5) is 4.79 Å². The Morgan fingerprint density at radius 1 is 1.33 bits per heavy atom. The molecule has 0 radical (unpaired) electrons. The van der Waals surface area contributed by atoms with Crippen LogP contribution < -0.4 is 5.32 Å². The van der Waals surface area contributed by atoms with Gasteiger partial charge in [0.2, 0.25) is 0 Å². The first kappa shape index (κ1) is 14.7. The van der Waals surface area contributed by atoms with E-state index in [-0.39, 0.29) is 0 Å². The molecule has 0 saturated heterocycles. The van der Waals surface area contributed by atoms with Crippen molar-refractivity contribution < 1.29 is 13.7 Å². The fourth-order valence-electron chi connectivity index (χ4n) is 1.41. The first-order valence-corrected chi connectivity index (χ1v) is 7.23. The maximum atomic E-state index is 11.5. The number of carbonyl (C=O) groups excluding carboxylic acids is 1. The lowest BCUT2D eigenvalue weighted by molar-refractivity contribution is 0.0523. The minimum atomic E-state index is -1.07. The summed E-state index contributed by atoms with van der Waals surface area (Å²) in [5.74, 6) is 0. The van der Waals surface area contributed by atoms with Crippen molar-refractivity contribution in [3.8, 4) is 0 Å². The maximum absolute atomic E-state index is 11.5. The smallest absolute Gasteiger partial charge is 0.407 e. The summed E-state index contributed by atoms with van der Waals surface area (Å²) in [5.41, 5.74) is 0.321. The Kier molecular flexibility index (Phi) is 4.90. The second kappa shape index (κ2) is 6.00. The van der Waals surface area contributed by atoms with Gasteiger partial charge in [-0.1, -0.05) is 18.2 Å². The molecule has 1 atom stereocenters. The molecule has 1 N–H and O–H groups in total. The second-order valence-electron chi connectivity index (χ2n) is 4.92. The summed E-state index contributed by atoms with van der Waals surface area (Å²) in [4.78, 5) is 12.2. The zero-order chi connectivity index (χ0) is 13.8. The van der Waals surface area contributed by atoms with E-state index in [4.69, 9.17) is 4.74 Å². The van der Waals surface area contributed by atoms with Gasteiger partial charge in [0.15, 0.2) is 0 Å². The van der Waals surface area contributed by atoms with Crippen LogP contribution in [0.25, 0.3) is 0 Å². The van der Waals surface area contributed by atoms with Crippen LogP contribution in [0.15, 0.2) is 29.2 Å². The normalized spacial score (nSPS) is 12.9. The van der Waals surface area contributed by atoms with Gasteiger partial charge in [-0.25, -0.2) is 4.79 Å². The first-order valence-electron chi connectivity index (χ1n) is 5.68. The first-order chi connectivity index (χ1) is 8.29. The molecule has 100 valence electrons. The van der Waals surface area contributed by atoms with Crippen LogP contribution in [0.3, 0.4) is 0 Å². The molecule has 1 unspecified atom stereocenters. The lowest BCUT2D eigenvalue weighted by atomic mass is 10.2. The third-order valence-electron chi connectivity index (χ3n) is 2.10. The van der Waals surface area contributed by atoms with Gasteiger partial charge in [-0.05, 0) is 32.4 Å². The van der Waals surface area contributed by atoms with E-state index in [1.165, 1.54) is 0 Å². The van der Waals surface area contributed by atoms with Gasteiger partial charge >= 0.3 is 6.09 Å². The van der Waals surface area contributed by atoms with Gasteiger partial charge in [0, 0.05) is 17.7 Å². The van der Waals surface area contributed by atoms with Crippen molar-refractivity contribution in [2.45, 2.75) is 37.8 Å². The average molecular weight is 269 g/mol. The Morgan fingerprint density at radius 2 is 1.94 bits per heavy atom. The van der Waals surface area contributed by atoms with Gasteiger partial charge in [-0.3, -0.25) is 4.21 Å². The Morgan fingerprint density at radius 3 is 2.50 bits per heavy atom. The van der Waals surface area contributed by atoms with Crippen LogP contribution in [0.2, 0.25) is 0 Å². The molecular weight excluding hydrogens is 250 g/mol. The standard InChI is InChI=1S/C13H19NO3S/c1-13(2,3)17-12(15)14-9-10-7-5-6-8-11(10)18(4)16/h5-8H,9H2,1-4H3,(H,14,15). The number of benzene rings is 1. The summed E-state index contributed by atoms with van der Waals surface area (Å²) in [7, 11) is -1.07. The quantitative estimate of drug-likeness (QED) is 0.917. The van der Waals surface area contributed by atoms with Gasteiger partial charge in [0.05, 0.1) is 10.8 Å². The maximum Gasteiger partial charge on any atom is 0.407 e. The van der Waals surface area contributed by atoms with Crippen molar-refractivity contribution in [3.05, 3.63) is 29.8 Å². The molecule has 0 heterocycles. The van der Waals surface area contributed by atoms with E-state index in [1.807, 2.05) is 39.0 Å². The Hall–Kier alpha value is -1.36. The number of rotatable bonds is 3. The summed E-state index contributed by atoms with van der Waals surface area (Å²) < 4.78 is 16.6. The molecule has 1 rings (SSSR count). The summed E-state index contributed by atoms with van der Waals surface area (Å²) in [6.45, 7) is 5.73. The molecule has 0 saturated carbocycles. The molecular formula is C13H19NO3S. The van der Waals surface area contributed by atoms with Crippen LogP contribution in [0, 0.1) is 0 Å². The number of nitrogens with one attached hydrogen (secondary N) is 1. The zero-order valence-electron chi connectivity index (χ0n) is 11.1. The molecule has 5 heteroatoms. The number of amides is 1. The van der Waals surface area contributed by atoms with Crippen LogP contribution in [0.5, 0.6) is 0 Å². The monoisotopic (exact) mass is 269 g/mol. The van der Waals surface area contributed by atoms with E-state index in [0.29, 0.717) is 6.54 Å². The molecule has 0 aromatic heterocycles. The van der Waals surface area contributed by atoms with Gasteiger partial charge in [-0.15, -0.1) is 0 Å². The van der Waals surface area contributed by atoms with E-state index in [2.05, 4.69) is 5.32 Å². The lowest BCUT2D eigenvalue weighted by Gasteiger charge is -2.20. The van der Waals surface area contributed by atoms with E-state index >= 15 is 0 Å². The van der Waals surface area contributed by atoms with Crippen LogP contribution in [-0.4, -0.2) is 22.2 Å². The predicted molar refractivity (Wildman–Crippen MR) is 71.8 cm³/mol. The highest BCUT2D eigenvalue weighted by Gasteiger charge is 2.16. The van der Waals surface area contributed by atoms with Crippen molar-refractivity contribution in [2.24, 2.45) is 0 Å². The van der Waals surface area contributed by atoms with E-state index < -0.39 is 22.5 Å². The topological polar surface area (TPSA) is 55.4 Å². The molecule has 0 fully saturated rings. The fraction of sp³-hybridized carbons (Fsp3) is 0.462. The SMILES string of the molecule is CS(=O)c1ccccc1CNC(=O)OC(C)(C)C. The minimum absolute atomic E-state index is 0.310. The molecule has 0 aliphatic rings. The molecule has 1 aromatic rings. The predicted octanol–water partition coefficient (Wildman–Crippen LogP) is 2.45. The third-order valence-corrected chi connectivity index (χ3v) is 3.12. The lowest BCUT2D eigenvalue weighted by Crippen LogP contribution is -2.32. The number of ether oxygens (including phenoxy) is 1. The Bertz CT molecular complexity index is 452. The highest BCUT2D eigenvalue weighted by Crippen LogP contribution is 2.12. The van der Waals surface area contributed by atoms with E-state index in [9.17, 15) is 9.00 Å². The van der Waals surface area contributed by atoms with Crippen molar-refractivity contribution in [3.63, 3.8) is 0 Å². The van der Waals surface area contributed by atoms with Gasteiger partial charge in [0.25, 0.3) is 0 Å². The van der Waals surface area contributed by atoms with Crippen molar-refractivity contribution >= 4 is 16.9 Å². The van der Waals surface area contributed by atoms with Gasteiger partial charge in [0.1, 0.15) is 5.60 Å². The second-order valence-corrected chi connectivity index (χ2v) is 6.27. The van der Waals surface area contributed by atoms with Crippen LogP contribution in [0.1, 0.15) is 26.3 Å². The number of hydrogen-bond acceptors (Lipinski definition) is 3. The number of alkyl carbamates (subject to hydrolysis) is 1. The summed E-state index contributed by atoms with van der Waals surface area (Å²) in [5, 5.41) is 2.66. The minimum Gasteiger partial charge on any atom is -0.444 e. The average Bonchev–Trinajstić information content (AvgIpc) is 2.24. The third kappa shape index (κ3) is 4.87. The summed E-state index contributed by atoms with van der Waals surface area (Å²) in [6.07, 6.45) is 1.14. The van der Waals surface area contributed by atoms with Crippen molar-refractivity contribution in [2.75, 3.05) is 6.26 Å². The van der Waals surface area contributed by atoms with Crippen LogP contribution >= 0.6 is 0 Å². The Balaban J connectivity index is 2.64. The highest BCUT2D eigenvalue weighted by molar-refractivity contribution is 7.84.